The van der Waals surface area contributed by atoms with Crippen molar-refractivity contribution in [3.63, 3.8) is 0 Å². The number of carbonyl (C=O) groups excluding carboxylic acids is 1. The van der Waals surface area contributed by atoms with Crippen molar-refractivity contribution in [3.05, 3.63) is 47.7 Å². The Kier molecular flexibility index (Phi) is 4.20. The summed E-state index contributed by atoms with van der Waals surface area (Å²) in [7, 11) is 3.08. The van der Waals surface area contributed by atoms with E-state index in [-0.39, 0.29) is 5.91 Å². The Morgan fingerprint density at radius 1 is 1.10 bits per heavy atom. The second-order valence-corrected chi connectivity index (χ2v) is 4.24. The van der Waals surface area contributed by atoms with E-state index in [0.29, 0.717) is 22.9 Å². The molecular weight excluding hydrogens is 256 g/mol. The highest BCUT2D eigenvalue weighted by atomic mass is 16.5. The molecule has 0 aliphatic heterocycles. The summed E-state index contributed by atoms with van der Waals surface area (Å²) in [5, 5.41) is 2.74. The first kappa shape index (κ1) is 13.9. The van der Waals surface area contributed by atoms with Crippen LogP contribution < -0.4 is 14.8 Å². The first-order valence-corrected chi connectivity index (χ1v) is 6.10. The highest BCUT2D eigenvalue weighted by molar-refractivity contribution is 6.04. The lowest BCUT2D eigenvalue weighted by molar-refractivity contribution is 0.102. The Balaban J connectivity index is 2.21. The van der Waals surface area contributed by atoms with E-state index in [1.807, 2.05) is 13.0 Å². The number of carbonyl (C=O) groups is 1. The van der Waals surface area contributed by atoms with Crippen molar-refractivity contribution in [3.8, 4) is 11.5 Å². The Bertz CT molecular complexity index is 626. The van der Waals surface area contributed by atoms with Crippen molar-refractivity contribution in [2.75, 3.05) is 19.5 Å². The molecule has 1 aromatic carbocycles. The number of ether oxygens (including phenoxy) is 2. The number of benzene rings is 1. The summed E-state index contributed by atoms with van der Waals surface area (Å²) >= 11 is 0. The average Bonchev–Trinajstić information content (AvgIpc) is 2.46. The number of hydrogen-bond acceptors (Lipinski definition) is 4. The Labute approximate surface area is 117 Å². The van der Waals surface area contributed by atoms with E-state index in [4.69, 9.17) is 9.47 Å². The molecule has 2 rings (SSSR count). The molecule has 0 aliphatic carbocycles. The van der Waals surface area contributed by atoms with E-state index in [1.54, 1.807) is 37.6 Å². The molecule has 5 nitrogen and oxygen atoms in total. The summed E-state index contributed by atoms with van der Waals surface area (Å²) in [6.07, 6.45) is 1.65. The molecule has 0 bridgehead atoms. The third-order valence-corrected chi connectivity index (χ3v) is 2.80. The van der Waals surface area contributed by atoms with Crippen molar-refractivity contribution in [2.24, 2.45) is 0 Å². The van der Waals surface area contributed by atoms with Gasteiger partial charge in [-0.05, 0) is 42.8 Å². The number of hydrogen-bond donors (Lipinski definition) is 1. The third kappa shape index (κ3) is 3.06. The molecule has 0 aliphatic rings. The van der Waals surface area contributed by atoms with Gasteiger partial charge in [-0.3, -0.25) is 4.79 Å². The van der Waals surface area contributed by atoms with Crippen molar-refractivity contribution >= 4 is 11.7 Å². The molecule has 0 saturated carbocycles. The van der Waals surface area contributed by atoms with Gasteiger partial charge in [0.05, 0.1) is 14.2 Å². The zero-order valence-electron chi connectivity index (χ0n) is 11.6. The lowest BCUT2D eigenvalue weighted by Crippen LogP contribution is -2.13. The second-order valence-electron chi connectivity index (χ2n) is 4.24. The lowest BCUT2D eigenvalue weighted by Gasteiger charge is -2.10. The van der Waals surface area contributed by atoms with Crippen LogP contribution in [0.25, 0.3) is 0 Å². The number of pyridine rings is 1. The fraction of sp³-hybridized carbons (Fsp3) is 0.200. The predicted octanol–water partition coefficient (Wildman–Crippen LogP) is 2.66. The van der Waals surface area contributed by atoms with Gasteiger partial charge in [-0.1, -0.05) is 0 Å². The molecule has 5 heteroatoms. The molecule has 1 heterocycles. The molecule has 0 fully saturated rings. The summed E-state index contributed by atoms with van der Waals surface area (Å²) in [6, 6.07) is 8.67. The van der Waals surface area contributed by atoms with Crippen LogP contribution >= 0.6 is 0 Å². The highest BCUT2D eigenvalue weighted by Gasteiger charge is 2.11. The zero-order valence-corrected chi connectivity index (χ0v) is 11.6. The number of nitrogens with one attached hydrogen (secondary N) is 1. The van der Waals surface area contributed by atoms with Gasteiger partial charge in [0.25, 0.3) is 5.91 Å². The van der Waals surface area contributed by atoms with Crippen LogP contribution in [0.3, 0.4) is 0 Å². The first-order valence-electron chi connectivity index (χ1n) is 6.10. The summed E-state index contributed by atoms with van der Waals surface area (Å²) in [6.45, 7) is 1.94. The molecule has 1 N–H and O–H groups in total. The molecular formula is C15H16N2O3. The first-order chi connectivity index (χ1) is 9.63. The van der Waals surface area contributed by atoms with Crippen LogP contribution in [0.5, 0.6) is 11.5 Å². The van der Waals surface area contributed by atoms with Gasteiger partial charge in [0, 0.05) is 11.8 Å². The van der Waals surface area contributed by atoms with Crippen LogP contribution in [0.4, 0.5) is 5.82 Å². The fourth-order valence-corrected chi connectivity index (χ4v) is 1.77. The molecule has 1 amide bonds. The second kappa shape index (κ2) is 6.06. The van der Waals surface area contributed by atoms with Crippen LogP contribution in [0, 0.1) is 6.92 Å². The normalized spacial score (nSPS) is 9.95. The predicted molar refractivity (Wildman–Crippen MR) is 76.5 cm³/mol. The number of aryl methyl sites for hydroxylation is 1. The third-order valence-electron chi connectivity index (χ3n) is 2.80. The number of nitrogens with zero attached hydrogens (tertiary/aromatic N) is 1. The van der Waals surface area contributed by atoms with E-state index < -0.39 is 0 Å². The summed E-state index contributed by atoms with van der Waals surface area (Å²) in [4.78, 5) is 16.2. The monoisotopic (exact) mass is 272 g/mol. The number of anilines is 1. The lowest BCUT2D eigenvalue weighted by atomic mass is 10.2. The van der Waals surface area contributed by atoms with Gasteiger partial charge in [0.2, 0.25) is 0 Å². The van der Waals surface area contributed by atoms with Crippen molar-refractivity contribution < 1.29 is 14.3 Å². The van der Waals surface area contributed by atoms with Crippen LogP contribution in [-0.4, -0.2) is 25.1 Å². The maximum Gasteiger partial charge on any atom is 0.256 e. The number of rotatable bonds is 4. The average molecular weight is 272 g/mol. The van der Waals surface area contributed by atoms with Gasteiger partial charge >= 0.3 is 0 Å². The van der Waals surface area contributed by atoms with E-state index in [0.717, 1.165) is 5.56 Å². The minimum absolute atomic E-state index is 0.246. The minimum Gasteiger partial charge on any atom is -0.493 e. The molecule has 20 heavy (non-hydrogen) atoms. The van der Waals surface area contributed by atoms with Crippen molar-refractivity contribution in [1.29, 1.82) is 0 Å². The number of methoxy groups -OCH3 is 2. The quantitative estimate of drug-likeness (QED) is 0.929. The van der Waals surface area contributed by atoms with E-state index in [9.17, 15) is 4.79 Å². The van der Waals surface area contributed by atoms with Gasteiger partial charge < -0.3 is 14.8 Å². The molecule has 0 unspecified atom stereocenters. The minimum atomic E-state index is -0.246. The zero-order chi connectivity index (χ0) is 14.5. The molecule has 1 aromatic heterocycles. The molecule has 104 valence electrons. The Hall–Kier alpha value is -2.56. The van der Waals surface area contributed by atoms with Crippen LogP contribution in [0.15, 0.2) is 36.5 Å². The molecule has 2 aromatic rings. The molecule has 0 radical (unpaired) electrons. The molecule has 0 saturated heterocycles. The summed E-state index contributed by atoms with van der Waals surface area (Å²) in [5.41, 5.74) is 1.51. The van der Waals surface area contributed by atoms with Gasteiger partial charge in [0.15, 0.2) is 11.5 Å². The van der Waals surface area contributed by atoms with Gasteiger partial charge in [-0.15, -0.1) is 0 Å². The van der Waals surface area contributed by atoms with Crippen LogP contribution in [-0.2, 0) is 0 Å². The fourth-order valence-electron chi connectivity index (χ4n) is 1.77. The van der Waals surface area contributed by atoms with Crippen LogP contribution in [0.2, 0.25) is 0 Å². The largest absolute Gasteiger partial charge is 0.493 e. The van der Waals surface area contributed by atoms with Crippen molar-refractivity contribution in [2.45, 2.75) is 6.92 Å². The maximum absolute atomic E-state index is 12.1. The van der Waals surface area contributed by atoms with E-state index in [2.05, 4.69) is 10.3 Å². The number of aromatic nitrogens is 1. The maximum atomic E-state index is 12.1. The molecule has 0 atom stereocenters. The Morgan fingerprint density at radius 3 is 2.50 bits per heavy atom. The van der Waals surface area contributed by atoms with Gasteiger partial charge in [-0.25, -0.2) is 4.98 Å². The SMILES string of the molecule is COc1ccc(C(=O)Nc2cc(C)ccn2)cc1OC. The summed E-state index contributed by atoms with van der Waals surface area (Å²) < 4.78 is 10.3. The summed E-state index contributed by atoms with van der Waals surface area (Å²) in [5.74, 6) is 1.36. The van der Waals surface area contributed by atoms with Gasteiger partial charge in [0.1, 0.15) is 5.82 Å². The van der Waals surface area contributed by atoms with Crippen molar-refractivity contribution in [1.82, 2.24) is 4.98 Å². The van der Waals surface area contributed by atoms with E-state index in [1.165, 1.54) is 7.11 Å². The smallest absolute Gasteiger partial charge is 0.256 e. The van der Waals surface area contributed by atoms with Gasteiger partial charge in [-0.2, -0.15) is 0 Å². The topological polar surface area (TPSA) is 60.5 Å². The molecule has 0 spiro atoms. The standard InChI is InChI=1S/C15H16N2O3/c1-10-6-7-16-14(8-10)17-15(18)11-4-5-12(19-2)13(9-11)20-3/h4-9H,1-3H3,(H,16,17,18). The van der Waals surface area contributed by atoms with E-state index >= 15 is 0 Å². The van der Waals surface area contributed by atoms with Crippen LogP contribution in [0.1, 0.15) is 15.9 Å². The Morgan fingerprint density at radius 2 is 1.85 bits per heavy atom. The highest BCUT2D eigenvalue weighted by Crippen LogP contribution is 2.27. The number of amides is 1.